The number of nitrogens with one attached hydrogen (secondary N) is 1. The van der Waals surface area contributed by atoms with Crippen LogP contribution in [-0.2, 0) is 19.1 Å². The summed E-state index contributed by atoms with van der Waals surface area (Å²) in [5.74, 6) is -1.23. The largest absolute Gasteiger partial charge is 0.494 e. The van der Waals surface area contributed by atoms with Crippen molar-refractivity contribution < 1.29 is 27.3 Å². The van der Waals surface area contributed by atoms with Gasteiger partial charge in [-0.3, -0.25) is 9.69 Å². The number of piperazine rings is 1. The molecule has 252 valence electrons. The van der Waals surface area contributed by atoms with E-state index in [0.29, 0.717) is 34.4 Å². The lowest BCUT2D eigenvalue weighted by molar-refractivity contribution is -0.119. The number of likely N-dealkylation sites (N-methyl/N-ethyl adjacent to an activating group) is 2. The molecule has 6 rings (SSSR count). The Balaban J connectivity index is 1.27. The average molecular weight is 680 g/mol. The topological polar surface area (TPSA) is 136 Å². The van der Waals surface area contributed by atoms with Crippen LogP contribution in [0.2, 0.25) is 0 Å². The molecule has 0 spiro atoms. The van der Waals surface area contributed by atoms with E-state index in [-0.39, 0.29) is 22.2 Å². The molecule has 1 aromatic heterocycles. The van der Waals surface area contributed by atoms with E-state index in [1.54, 1.807) is 30.1 Å². The van der Waals surface area contributed by atoms with Crippen LogP contribution >= 0.6 is 0 Å². The van der Waals surface area contributed by atoms with E-state index in [9.17, 15) is 23.1 Å². The number of H-pyrrole nitrogens is 1. The van der Waals surface area contributed by atoms with Crippen molar-refractivity contribution in [1.29, 1.82) is 0 Å². The molecule has 12 heteroatoms. The Morgan fingerprint density at radius 2 is 1.57 bits per heavy atom. The van der Waals surface area contributed by atoms with Gasteiger partial charge in [-0.1, -0.05) is 54.1 Å². The number of amides is 1. The van der Waals surface area contributed by atoms with Crippen LogP contribution in [0.1, 0.15) is 27.0 Å². The Bertz CT molecular complexity index is 2120. The van der Waals surface area contributed by atoms with Crippen LogP contribution < -0.4 is 4.90 Å². The van der Waals surface area contributed by atoms with Gasteiger partial charge >= 0.3 is 16.1 Å². The molecular formula is C37H37N5O6S. The van der Waals surface area contributed by atoms with E-state index in [0.717, 1.165) is 43.0 Å². The number of nitrogens with zero attached hydrogens (tertiary/aromatic N) is 4. The average Bonchev–Trinajstić information content (AvgIpc) is 3.43. The van der Waals surface area contributed by atoms with Crippen molar-refractivity contribution in [2.75, 3.05) is 51.7 Å². The first-order valence-corrected chi connectivity index (χ1v) is 17.2. The van der Waals surface area contributed by atoms with E-state index in [1.807, 2.05) is 61.5 Å². The summed E-state index contributed by atoms with van der Waals surface area (Å²) >= 11 is 0. The van der Waals surface area contributed by atoms with Crippen molar-refractivity contribution >= 4 is 50.0 Å². The van der Waals surface area contributed by atoms with E-state index >= 15 is 0 Å². The molecule has 2 heterocycles. The van der Waals surface area contributed by atoms with Gasteiger partial charge in [-0.05, 0) is 62.5 Å². The summed E-state index contributed by atoms with van der Waals surface area (Å²) in [6, 6.07) is 27.1. The van der Waals surface area contributed by atoms with E-state index in [1.165, 1.54) is 24.3 Å². The van der Waals surface area contributed by atoms with Crippen molar-refractivity contribution in [1.82, 2.24) is 14.8 Å². The van der Waals surface area contributed by atoms with Gasteiger partial charge in [0, 0.05) is 55.4 Å². The van der Waals surface area contributed by atoms with Gasteiger partial charge in [-0.15, -0.1) is 0 Å². The standard InChI is InChI=1S/C37H37N5O6S/c1-25-9-16-30(17-10-25)49(46,47)48-37(45)27-11-18-31-32(23-27)39-36(44)34(31)35(26-7-5-4-6-8-26)38-28-12-14-29(15-13-28)41(3)33(43)24-42-21-19-40(2)20-22-42/h4-18,23,39,44H,19-22,24H2,1-3H3. The lowest BCUT2D eigenvalue weighted by Crippen LogP contribution is -2.48. The third-order valence-electron chi connectivity index (χ3n) is 8.60. The number of aromatic nitrogens is 1. The fraction of sp³-hybridized carbons (Fsp3) is 0.216. The number of hydrogen-bond acceptors (Lipinski definition) is 9. The van der Waals surface area contributed by atoms with E-state index in [4.69, 9.17) is 9.18 Å². The Kier molecular flexibility index (Phi) is 9.63. The van der Waals surface area contributed by atoms with Gasteiger partial charge in [0.05, 0.1) is 29.1 Å². The van der Waals surface area contributed by atoms with Gasteiger partial charge in [0.25, 0.3) is 0 Å². The fourth-order valence-electron chi connectivity index (χ4n) is 5.64. The highest BCUT2D eigenvalue weighted by Gasteiger charge is 2.24. The number of aromatic amines is 1. The molecule has 49 heavy (non-hydrogen) atoms. The highest BCUT2D eigenvalue weighted by atomic mass is 32.2. The van der Waals surface area contributed by atoms with Crippen molar-refractivity contribution in [3.05, 3.63) is 119 Å². The highest BCUT2D eigenvalue weighted by molar-refractivity contribution is 7.87. The normalized spacial score (nSPS) is 14.6. The number of aromatic hydroxyl groups is 1. The summed E-state index contributed by atoms with van der Waals surface area (Å²) in [7, 11) is -0.498. The monoisotopic (exact) mass is 679 g/mol. The lowest BCUT2D eigenvalue weighted by atomic mass is 10.00. The second-order valence-corrected chi connectivity index (χ2v) is 13.7. The maximum absolute atomic E-state index is 13.0. The van der Waals surface area contributed by atoms with Crippen molar-refractivity contribution in [2.45, 2.75) is 11.8 Å². The molecule has 1 saturated heterocycles. The molecule has 0 aliphatic carbocycles. The zero-order valence-corrected chi connectivity index (χ0v) is 28.3. The SMILES string of the molecule is Cc1ccc(S(=O)(=O)OC(=O)c2ccc3c(C(=Nc4ccc(N(C)C(=O)CN5CCN(C)CC5)cc4)c4ccccc4)c(O)[nH]c3c2)cc1. The molecule has 0 saturated carbocycles. The molecule has 0 radical (unpaired) electrons. The fourth-order valence-corrected chi connectivity index (χ4v) is 6.50. The Morgan fingerprint density at radius 1 is 0.898 bits per heavy atom. The minimum absolute atomic E-state index is 0.00509. The molecule has 4 aromatic carbocycles. The second kappa shape index (κ2) is 14.0. The number of anilines is 1. The van der Waals surface area contributed by atoms with Gasteiger partial charge in [0.15, 0.2) is 5.88 Å². The smallest absolute Gasteiger partial charge is 0.354 e. The van der Waals surface area contributed by atoms with Crippen molar-refractivity contribution in [3.63, 3.8) is 0 Å². The quantitative estimate of drug-likeness (QED) is 0.162. The van der Waals surface area contributed by atoms with Crippen LogP contribution in [-0.4, -0.2) is 92.7 Å². The zero-order chi connectivity index (χ0) is 34.7. The molecule has 1 aliphatic heterocycles. The van der Waals surface area contributed by atoms with Crippen molar-refractivity contribution in [2.24, 2.45) is 4.99 Å². The van der Waals surface area contributed by atoms with Crippen LogP contribution in [0.4, 0.5) is 11.4 Å². The maximum atomic E-state index is 13.0. The first-order valence-electron chi connectivity index (χ1n) is 15.8. The molecule has 2 N–H and O–H groups in total. The number of rotatable bonds is 9. The van der Waals surface area contributed by atoms with Gasteiger partial charge < -0.3 is 24.1 Å². The summed E-state index contributed by atoms with van der Waals surface area (Å²) in [5, 5.41) is 11.7. The second-order valence-electron chi connectivity index (χ2n) is 12.1. The number of fused-ring (bicyclic) bond motifs is 1. The highest BCUT2D eigenvalue weighted by Crippen LogP contribution is 2.33. The number of aryl methyl sites for hydroxylation is 1. The van der Waals surface area contributed by atoms with Gasteiger partial charge in [-0.2, -0.15) is 8.42 Å². The maximum Gasteiger partial charge on any atom is 0.354 e. The molecule has 1 fully saturated rings. The number of carbonyl (C=O) groups is 2. The Labute approximate surface area is 285 Å². The predicted octanol–water partition coefficient (Wildman–Crippen LogP) is 5.11. The third-order valence-corrected chi connectivity index (χ3v) is 9.82. The number of aliphatic imine (C=N–C) groups is 1. The minimum Gasteiger partial charge on any atom is -0.494 e. The first-order chi connectivity index (χ1) is 23.5. The number of carbonyl (C=O) groups excluding carboxylic acids is 2. The summed E-state index contributed by atoms with van der Waals surface area (Å²) in [6.45, 7) is 5.76. The van der Waals surface area contributed by atoms with Crippen molar-refractivity contribution in [3.8, 4) is 5.88 Å². The first kappa shape index (κ1) is 33.6. The summed E-state index contributed by atoms with van der Waals surface area (Å²) in [6.07, 6.45) is 0. The molecule has 0 atom stereocenters. The Morgan fingerprint density at radius 3 is 2.24 bits per heavy atom. The Hall–Kier alpha value is -5.30. The molecule has 1 amide bonds. The van der Waals surface area contributed by atoms with Gasteiger partial charge in [0.1, 0.15) is 4.90 Å². The minimum atomic E-state index is -4.34. The van der Waals surface area contributed by atoms with Crippen LogP contribution in [0.25, 0.3) is 10.9 Å². The van der Waals surface area contributed by atoms with Gasteiger partial charge in [-0.25, -0.2) is 9.79 Å². The van der Waals surface area contributed by atoms with Crippen LogP contribution in [0.15, 0.2) is 107 Å². The molecule has 0 unspecified atom stereocenters. The van der Waals surface area contributed by atoms with Crippen LogP contribution in [0.5, 0.6) is 5.88 Å². The summed E-state index contributed by atoms with van der Waals surface area (Å²) < 4.78 is 30.4. The van der Waals surface area contributed by atoms with Gasteiger partial charge in [0.2, 0.25) is 5.91 Å². The van der Waals surface area contributed by atoms with E-state index < -0.39 is 16.1 Å². The summed E-state index contributed by atoms with van der Waals surface area (Å²) in [4.78, 5) is 39.7. The third kappa shape index (κ3) is 7.56. The lowest BCUT2D eigenvalue weighted by Gasteiger charge is -2.32. The van der Waals surface area contributed by atoms with Crippen LogP contribution in [0.3, 0.4) is 0 Å². The molecule has 5 aromatic rings. The molecule has 11 nitrogen and oxygen atoms in total. The summed E-state index contributed by atoms with van der Waals surface area (Å²) in [5.41, 5.74) is 4.16. The number of benzene rings is 4. The predicted molar refractivity (Wildman–Crippen MR) is 189 cm³/mol. The zero-order valence-electron chi connectivity index (χ0n) is 27.5. The molecule has 0 bridgehead atoms. The number of hydrogen-bond donors (Lipinski definition) is 2. The van der Waals surface area contributed by atoms with E-state index in [2.05, 4.69) is 21.8 Å². The van der Waals surface area contributed by atoms with Crippen LogP contribution in [0, 0.1) is 6.92 Å². The molecule has 1 aliphatic rings. The molecular weight excluding hydrogens is 643 g/mol.